The predicted molar refractivity (Wildman–Crippen MR) is 31.3 cm³/mol. The van der Waals surface area contributed by atoms with Crippen molar-refractivity contribution in [3.8, 4) is 0 Å². The van der Waals surface area contributed by atoms with Crippen LogP contribution >= 0.6 is 8.38 Å². The molecule has 1 N–H and O–H groups in total. The van der Waals surface area contributed by atoms with Crippen LogP contribution in [0.1, 0.15) is 13.8 Å². The van der Waals surface area contributed by atoms with E-state index in [0.29, 0.717) is 0 Å². The molecule has 0 radical (unpaired) electrons. The Balaban J connectivity index is 3.10. The van der Waals surface area contributed by atoms with Crippen LogP contribution in [0.15, 0.2) is 0 Å². The standard InChI is InChI=1S/C4H11O2P/c1-4(2)6-7(3)5/h4-5H,1-3H3/i5T. The minimum atomic E-state index is -0.951. The van der Waals surface area contributed by atoms with Gasteiger partial charge in [-0.1, -0.05) is 0 Å². The molecule has 1 unspecified atom stereocenters. The highest BCUT2D eigenvalue weighted by molar-refractivity contribution is 7.45. The molecule has 0 spiro atoms. The Bertz CT molecular complexity index is 60.0. The number of hydrogen-bond acceptors (Lipinski definition) is 2. The fourth-order valence-electron chi connectivity index (χ4n) is 0.297. The summed E-state index contributed by atoms with van der Waals surface area (Å²) in [5, 5.41) is 0. The first kappa shape index (κ1) is 5.49. The van der Waals surface area contributed by atoms with E-state index >= 15 is 0 Å². The van der Waals surface area contributed by atoms with Crippen molar-refractivity contribution >= 4 is 8.38 Å². The minimum Gasteiger partial charge on any atom is -0.350 e. The Morgan fingerprint density at radius 3 is 2.57 bits per heavy atom. The van der Waals surface area contributed by atoms with Gasteiger partial charge in [-0.25, -0.2) is 0 Å². The molecule has 3 heteroatoms. The summed E-state index contributed by atoms with van der Waals surface area (Å²) in [4.78, 5) is 4.15. The van der Waals surface area contributed by atoms with Gasteiger partial charge in [0.05, 0.1) is 6.10 Å². The van der Waals surface area contributed by atoms with Crippen molar-refractivity contribution in [1.82, 2.24) is 0 Å². The molecule has 0 aliphatic heterocycles. The van der Waals surface area contributed by atoms with Gasteiger partial charge >= 0.3 is 0 Å². The molecule has 0 fully saturated rings. The summed E-state index contributed by atoms with van der Waals surface area (Å²) in [5.74, 6) is 0. The first-order valence-electron chi connectivity index (χ1n) is 2.61. The molecule has 0 rings (SSSR count). The average Bonchev–Trinajstić information content (AvgIpc) is 1.65. The Hall–Kier alpha value is 0.350. The van der Waals surface area contributed by atoms with E-state index in [1.54, 1.807) is 6.66 Å². The summed E-state index contributed by atoms with van der Waals surface area (Å²) in [5.41, 5.74) is 0. The Morgan fingerprint density at radius 1 is 1.86 bits per heavy atom. The minimum absolute atomic E-state index is 0.163. The van der Waals surface area contributed by atoms with Crippen LogP contribution in [0.3, 0.4) is 0 Å². The second-order valence-electron chi connectivity index (χ2n) is 1.59. The van der Waals surface area contributed by atoms with Crippen LogP contribution in [0.2, 0.25) is 0 Å². The first-order chi connectivity index (χ1) is 3.66. The van der Waals surface area contributed by atoms with Crippen LogP contribution in [-0.2, 0) is 4.52 Å². The summed E-state index contributed by atoms with van der Waals surface area (Å²) in [7, 11) is -0.951. The van der Waals surface area contributed by atoms with Crippen molar-refractivity contribution in [1.29, 1.82) is 1.43 Å². The van der Waals surface area contributed by atoms with Crippen molar-refractivity contribution in [2.45, 2.75) is 20.0 Å². The van der Waals surface area contributed by atoms with Crippen molar-refractivity contribution in [3.05, 3.63) is 0 Å². The van der Waals surface area contributed by atoms with Gasteiger partial charge in [-0.15, -0.1) is 0 Å². The largest absolute Gasteiger partial charge is 0.350 e. The third-order valence-corrected chi connectivity index (χ3v) is 1.08. The zero-order valence-electron chi connectivity index (χ0n) is 5.84. The van der Waals surface area contributed by atoms with Crippen molar-refractivity contribution in [2.24, 2.45) is 0 Å². The Kier molecular flexibility index (Phi) is 2.64. The summed E-state index contributed by atoms with van der Waals surface area (Å²) >= 11 is 0. The molecule has 2 nitrogen and oxygen atoms in total. The van der Waals surface area contributed by atoms with Crippen LogP contribution in [0.5, 0.6) is 0 Å². The number of hydrogen-bond donors (Lipinski definition) is 1. The Labute approximate surface area is 46.9 Å². The lowest BCUT2D eigenvalue weighted by atomic mass is 10.5. The second kappa shape index (κ2) is 3.36. The van der Waals surface area contributed by atoms with Crippen LogP contribution in [0.4, 0.5) is 0 Å². The van der Waals surface area contributed by atoms with Gasteiger partial charge < -0.3 is 9.42 Å². The maximum Gasteiger partial charge on any atom is 0.218 e. The zero-order valence-corrected chi connectivity index (χ0v) is 5.74. The number of rotatable bonds is 3. The topological polar surface area (TPSA) is 29.5 Å². The van der Waals surface area contributed by atoms with Gasteiger partial charge in [0, 0.05) is 6.66 Å². The van der Waals surface area contributed by atoms with Crippen LogP contribution in [-0.4, -0.2) is 19.1 Å². The van der Waals surface area contributed by atoms with E-state index in [-0.39, 0.29) is 6.10 Å². The summed E-state index contributed by atoms with van der Waals surface area (Å²) in [6.45, 7) is 5.58. The van der Waals surface area contributed by atoms with E-state index in [4.69, 9.17) is 5.95 Å². The monoisotopic (exact) mass is 124 g/mol. The molecule has 7 heavy (non-hydrogen) atoms. The van der Waals surface area contributed by atoms with Crippen molar-refractivity contribution in [3.63, 3.8) is 0 Å². The van der Waals surface area contributed by atoms with Crippen LogP contribution in [0, 0.1) is 0 Å². The van der Waals surface area contributed by atoms with E-state index in [9.17, 15) is 0 Å². The fourth-order valence-corrected chi connectivity index (χ4v) is 0.891. The van der Waals surface area contributed by atoms with E-state index in [1.807, 2.05) is 13.8 Å². The van der Waals surface area contributed by atoms with Gasteiger partial charge in [-0.05, 0) is 13.8 Å². The van der Waals surface area contributed by atoms with E-state index in [1.165, 1.54) is 0 Å². The van der Waals surface area contributed by atoms with Crippen LogP contribution < -0.4 is 0 Å². The highest BCUT2D eigenvalue weighted by atomic mass is 31.2. The molecule has 44 valence electrons. The normalized spacial score (nSPS) is 16.9. The fraction of sp³-hybridized carbons (Fsp3) is 1.00. The third kappa shape index (κ3) is 6.35. The van der Waals surface area contributed by atoms with Gasteiger partial charge in [0.2, 0.25) is 1.43 Å². The molecule has 0 bridgehead atoms. The summed E-state index contributed by atoms with van der Waals surface area (Å²) in [6.07, 6.45) is 0.163. The van der Waals surface area contributed by atoms with Crippen LogP contribution in [0.25, 0.3) is 0 Å². The molecule has 0 heterocycles. The molecule has 0 aromatic rings. The molecule has 0 aliphatic carbocycles. The lowest BCUT2D eigenvalue weighted by Crippen LogP contribution is -1.95. The van der Waals surface area contributed by atoms with Gasteiger partial charge in [0.1, 0.15) is 0 Å². The maximum absolute atomic E-state index is 6.41. The van der Waals surface area contributed by atoms with E-state index in [2.05, 4.69) is 4.90 Å². The average molecular weight is 124 g/mol. The molecule has 0 saturated heterocycles. The van der Waals surface area contributed by atoms with E-state index in [0.717, 1.165) is 0 Å². The lowest BCUT2D eigenvalue weighted by molar-refractivity contribution is 0.244. The highest BCUT2D eigenvalue weighted by Gasteiger charge is 1.96. The van der Waals surface area contributed by atoms with Crippen molar-refractivity contribution < 1.29 is 9.42 Å². The van der Waals surface area contributed by atoms with Gasteiger partial charge in [-0.2, -0.15) is 0 Å². The lowest BCUT2D eigenvalue weighted by Gasteiger charge is -2.07. The van der Waals surface area contributed by atoms with Gasteiger partial charge in [0.15, 0.2) is 8.38 Å². The van der Waals surface area contributed by atoms with Crippen molar-refractivity contribution in [2.75, 3.05) is 6.66 Å². The molecular formula is C4H11O2P. The molecule has 1 atom stereocenters. The van der Waals surface area contributed by atoms with E-state index < -0.39 is 8.38 Å². The molecular weight excluding hydrogens is 111 g/mol. The highest BCUT2D eigenvalue weighted by Crippen LogP contribution is 2.26. The molecule has 0 amide bonds. The molecule has 0 aromatic carbocycles. The second-order valence-corrected chi connectivity index (χ2v) is 2.68. The van der Waals surface area contributed by atoms with Gasteiger partial charge in [0.25, 0.3) is 0 Å². The SMILES string of the molecule is [3H]OP(C)OC(C)C. The predicted octanol–water partition coefficient (Wildman–Crippen LogP) is 1.35. The molecule has 0 aliphatic rings. The summed E-state index contributed by atoms with van der Waals surface area (Å²) < 4.78 is 11.5. The smallest absolute Gasteiger partial charge is 0.218 e. The Morgan fingerprint density at radius 2 is 2.43 bits per heavy atom. The molecule has 0 aromatic heterocycles. The van der Waals surface area contributed by atoms with Gasteiger partial charge in [-0.3, -0.25) is 0 Å². The zero-order chi connectivity index (χ0) is 6.57. The molecule has 0 saturated carbocycles. The quantitative estimate of drug-likeness (QED) is 0.575. The summed E-state index contributed by atoms with van der Waals surface area (Å²) in [6, 6.07) is 0. The third-order valence-electron chi connectivity index (χ3n) is 0.359. The first-order valence-corrected chi connectivity index (χ1v) is 3.83. The maximum atomic E-state index is 6.41.